The highest BCUT2D eigenvalue weighted by molar-refractivity contribution is 6.30. The van der Waals surface area contributed by atoms with Crippen molar-refractivity contribution in [2.45, 2.75) is 19.8 Å². The maximum absolute atomic E-state index is 5.78. The molecule has 1 heterocycles. The van der Waals surface area contributed by atoms with Crippen LogP contribution in [-0.4, -0.2) is 4.98 Å². The smallest absolute Gasteiger partial charge is 0.130 e. The average Bonchev–Trinajstić information content (AvgIpc) is 2.33. The number of hydrogen-bond acceptors (Lipinski definition) is 2. The molecule has 0 radical (unpaired) electrons. The number of nitrogens with one attached hydrogen (secondary N) is 1. The van der Waals surface area contributed by atoms with Gasteiger partial charge in [-0.1, -0.05) is 37.6 Å². The second-order valence-electron chi connectivity index (χ2n) is 4.26. The third kappa shape index (κ3) is 3.21. The fourth-order valence-electron chi connectivity index (χ4n) is 1.55. The Balaban J connectivity index is 2.11. The third-order valence-electron chi connectivity index (χ3n) is 2.58. The summed E-state index contributed by atoms with van der Waals surface area (Å²) in [7, 11) is 0. The van der Waals surface area contributed by atoms with Crippen LogP contribution in [0.4, 0.5) is 11.5 Å². The van der Waals surface area contributed by atoms with Crippen molar-refractivity contribution in [2.24, 2.45) is 0 Å². The van der Waals surface area contributed by atoms with E-state index in [4.69, 9.17) is 11.6 Å². The largest absolute Gasteiger partial charge is 0.340 e. The van der Waals surface area contributed by atoms with Crippen molar-refractivity contribution in [3.05, 3.63) is 53.2 Å². The number of aromatic nitrogens is 1. The molecule has 0 fully saturated rings. The van der Waals surface area contributed by atoms with Crippen LogP contribution in [0, 0.1) is 0 Å². The van der Waals surface area contributed by atoms with Crippen LogP contribution in [0.2, 0.25) is 5.02 Å². The van der Waals surface area contributed by atoms with Gasteiger partial charge in [0.25, 0.3) is 0 Å². The molecule has 0 spiro atoms. The minimum absolute atomic E-state index is 0.553. The van der Waals surface area contributed by atoms with Crippen LogP contribution in [-0.2, 0) is 0 Å². The molecule has 2 rings (SSSR count). The maximum atomic E-state index is 5.78. The Morgan fingerprint density at radius 3 is 2.29 bits per heavy atom. The van der Waals surface area contributed by atoms with Gasteiger partial charge in [-0.25, -0.2) is 4.98 Å². The molecule has 0 unspecified atom stereocenters. The van der Waals surface area contributed by atoms with E-state index >= 15 is 0 Å². The summed E-state index contributed by atoms with van der Waals surface area (Å²) in [6, 6.07) is 12.1. The Bertz CT molecular complexity index is 475. The van der Waals surface area contributed by atoms with Crippen LogP contribution >= 0.6 is 11.6 Å². The molecule has 0 aliphatic rings. The van der Waals surface area contributed by atoms with Gasteiger partial charge in [0.05, 0.1) is 5.02 Å². The number of pyridine rings is 1. The lowest BCUT2D eigenvalue weighted by molar-refractivity contribution is 0.867. The lowest BCUT2D eigenvalue weighted by Gasteiger charge is -2.08. The molecule has 17 heavy (non-hydrogen) atoms. The molecule has 1 aromatic heterocycles. The first-order valence-corrected chi connectivity index (χ1v) is 6.01. The lowest BCUT2D eigenvalue weighted by atomic mass is 10.0. The van der Waals surface area contributed by atoms with Gasteiger partial charge in [-0.3, -0.25) is 0 Å². The molecule has 0 atom stereocenters. The molecule has 3 heteroatoms. The average molecular weight is 247 g/mol. The highest BCUT2D eigenvalue weighted by Gasteiger charge is 1.99. The van der Waals surface area contributed by atoms with E-state index in [1.54, 1.807) is 6.20 Å². The van der Waals surface area contributed by atoms with Gasteiger partial charge in [-0.05, 0) is 35.7 Å². The van der Waals surface area contributed by atoms with Gasteiger partial charge < -0.3 is 5.32 Å². The molecule has 0 saturated heterocycles. The first kappa shape index (κ1) is 11.9. The van der Waals surface area contributed by atoms with Gasteiger partial charge in [0.2, 0.25) is 0 Å². The molecule has 1 N–H and O–H groups in total. The molecule has 1 aromatic carbocycles. The zero-order valence-corrected chi connectivity index (χ0v) is 10.7. The van der Waals surface area contributed by atoms with E-state index in [2.05, 4.69) is 48.4 Å². The Hall–Kier alpha value is -1.54. The van der Waals surface area contributed by atoms with Crippen LogP contribution in [0.15, 0.2) is 42.6 Å². The highest BCUT2D eigenvalue weighted by Crippen LogP contribution is 2.20. The molecule has 0 aliphatic carbocycles. The maximum Gasteiger partial charge on any atom is 0.130 e. The molecular weight excluding hydrogens is 232 g/mol. The van der Waals surface area contributed by atoms with E-state index in [1.165, 1.54) is 5.56 Å². The molecule has 88 valence electrons. The molecule has 2 aromatic rings. The predicted molar refractivity (Wildman–Crippen MR) is 73.1 cm³/mol. The standard InChI is InChI=1S/C14H15ClN2/c1-10(2)11-3-6-13(7-4-11)17-14-8-5-12(15)9-16-14/h3-10H,1-2H3,(H,16,17). The number of anilines is 2. The topological polar surface area (TPSA) is 24.9 Å². The van der Waals surface area contributed by atoms with Crippen molar-refractivity contribution < 1.29 is 0 Å². The van der Waals surface area contributed by atoms with E-state index in [1.807, 2.05) is 12.1 Å². The van der Waals surface area contributed by atoms with Gasteiger partial charge in [-0.2, -0.15) is 0 Å². The Kier molecular flexibility index (Phi) is 3.64. The molecule has 0 bridgehead atoms. The predicted octanol–water partition coefficient (Wildman–Crippen LogP) is 4.60. The normalized spacial score (nSPS) is 10.6. The number of hydrogen-bond donors (Lipinski definition) is 1. The van der Waals surface area contributed by atoms with E-state index < -0.39 is 0 Å². The van der Waals surface area contributed by atoms with Crippen LogP contribution < -0.4 is 5.32 Å². The van der Waals surface area contributed by atoms with E-state index in [0.717, 1.165) is 11.5 Å². The van der Waals surface area contributed by atoms with Gasteiger partial charge in [0.15, 0.2) is 0 Å². The third-order valence-corrected chi connectivity index (χ3v) is 2.80. The SMILES string of the molecule is CC(C)c1ccc(Nc2ccc(Cl)cn2)cc1. The Morgan fingerprint density at radius 2 is 1.76 bits per heavy atom. The minimum Gasteiger partial charge on any atom is -0.340 e. The summed E-state index contributed by atoms with van der Waals surface area (Å²) in [5.41, 5.74) is 2.36. The van der Waals surface area contributed by atoms with E-state index in [9.17, 15) is 0 Å². The molecule has 2 nitrogen and oxygen atoms in total. The van der Waals surface area contributed by atoms with Crippen LogP contribution in [0.25, 0.3) is 0 Å². The Labute approximate surface area is 107 Å². The summed E-state index contributed by atoms with van der Waals surface area (Å²) in [4.78, 5) is 4.19. The van der Waals surface area contributed by atoms with Crippen molar-refractivity contribution in [2.75, 3.05) is 5.32 Å². The minimum atomic E-state index is 0.553. The van der Waals surface area contributed by atoms with Crippen LogP contribution in [0.3, 0.4) is 0 Å². The van der Waals surface area contributed by atoms with E-state index in [-0.39, 0.29) is 0 Å². The number of halogens is 1. The Morgan fingerprint density at radius 1 is 1.06 bits per heavy atom. The number of rotatable bonds is 3. The summed E-state index contributed by atoms with van der Waals surface area (Å²) < 4.78 is 0. The summed E-state index contributed by atoms with van der Waals surface area (Å²) >= 11 is 5.78. The zero-order chi connectivity index (χ0) is 12.3. The number of nitrogens with zero attached hydrogens (tertiary/aromatic N) is 1. The second kappa shape index (κ2) is 5.19. The molecule has 0 saturated carbocycles. The molecular formula is C14H15ClN2. The summed E-state index contributed by atoms with van der Waals surface area (Å²) in [5.74, 6) is 1.35. The van der Waals surface area contributed by atoms with Crippen molar-refractivity contribution in [1.29, 1.82) is 0 Å². The van der Waals surface area contributed by atoms with Crippen molar-refractivity contribution in [3.63, 3.8) is 0 Å². The monoisotopic (exact) mass is 246 g/mol. The van der Waals surface area contributed by atoms with Gasteiger partial charge in [0, 0.05) is 11.9 Å². The van der Waals surface area contributed by atoms with Crippen molar-refractivity contribution in [1.82, 2.24) is 4.98 Å². The second-order valence-corrected chi connectivity index (χ2v) is 4.70. The first-order valence-electron chi connectivity index (χ1n) is 5.63. The molecule has 0 amide bonds. The van der Waals surface area contributed by atoms with Crippen molar-refractivity contribution >= 4 is 23.1 Å². The highest BCUT2D eigenvalue weighted by atomic mass is 35.5. The first-order chi connectivity index (χ1) is 8.15. The zero-order valence-electron chi connectivity index (χ0n) is 9.94. The lowest BCUT2D eigenvalue weighted by Crippen LogP contribution is -1.93. The van der Waals surface area contributed by atoms with Gasteiger partial charge >= 0.3 is 0 Å². The quantitative estimate of drug-likeness (QED) is 0.856. The van der Waals surface area contributed by atoms with Gasteiger partial charge in [0.1, 0.15) is 5.82 Å². The molecule has 0 aliphatic heterocycles. The summed E-state index contributed by atoms with van der Waals surface area (Å²) in [6.07, 6.45) is 1.63. The fraction of sp³-hybridized carbons (Fsp3) is 0.214. The van der Waals surface area contributed by atoms with Crippen molar-refractivity contribution in [3.8, 4) is 0 Å². The fourth-order valence-corrected chi connectivity index (χ4v) is 1.66. The number of benzene rings is 1. The van der Waals surface area contributed by atoms with Crippen LogP contribution in [0.5, 0.6) is 0 Å². The summed E-state index contributed by atoms with van der Waals surface area (Å²) in [6.45, 7) is 4.37. The van der Waals surface area contributed by atoms with Gasteiger partial charge in [-0.15, -0.1) is 0 Å². The van der Waals surface area contributed by atoms with Crippen LogP contribution in [0.1, 0.15) is 25.3 Å². The summed E-state index contributed by atoms with van der Waals surface area (Å²) in [5, 5.41) is 3.87. The van der Waals surface area contributed by atoms with E-state index in [0.29, 0.717) is 10.9 Å².